The second kappa shape index (κ2) is 11.0. The van der Waals surface area contributed by atoms with Gasteiger partial charge in [0.2, 0.25) is 0 Å². The van der Waals surface area contributed by atoms with Crippen LogP contribution in [-0.2, 0) is 19.1 Å². The van der Waals surface area contributed by atoms with Gasteiger partial charge in [-0.15, -0.1) is 0 Å². The fourth-order valence-electron chi connectivity index (χ4n) is 3.22. The van der Waals surface area contributed by atoms with E-state index < -0.39 is 0 Å². The number of hydrogen-bond acceptors (Lipinski definition) is 5. The maximum Gasteiger partial charge on any atom is 0.317 e. The molecule has 148 valence electrons. The lowest BCUT2D eigenvalue weighted by Crippen LogP contribution is -2.54. The minimum atomic E-state index is -0.287. The van der Waals surface area contributed by atoms with Crippen LogP contribution in [0.3, 0.4) is 0 Å². The molecule has 1 unspecified atom stereocenters. The van der Waals surface area contributed by atoms with Crippen LogP contribution in [-0.4, -0.2) is 79.7 Å². The molecule has 0 radical (unpaired) electrons. The van der Waals surface area contributed by atoms with Crippen LogP contribution in [0, 0.1) is 0 Å². The van der Waals surface area contributed by atoms with E-state index >= 15 is 0 Å². The van der Waals surface area contributed by atoms with Crippen molar-refractivity contribution in [1.82, 2.24) is 15.1 Å². The van der Waals surface area contributed by atoms with Gasteiger partial charge in [-0.3, -0.25) is 9.59 Å². The topological polar surface area (TPSA) is 88.2 Å². The molecule has 3 amide bonds. The summed E-state index contributed by atoms with van der Waals surface area (Å²) in [4.78, 5) is 39.2. The number of esters is 1. The van der Waals surface area contributed by atoms with Crippen LogP contribution in [0.1, 0.15) is 45.4 Å². The molecule has 2 heterocycles. The summed E-state index contributed by atoms with van der Waals surface area (Å²) < 4.78 is 10.3. The molecule has 1 N–H and O–H groups in total. The summed E-state index contributed by atoms with van der Waals surface area (Å²) in [7, 11) is 0. The van der Waals surface area contributed by atoms with Crippen LogP contribution < -0.4 is 5.32 Å². The Morgan fingerprint density at radius 3 is 2.46 bits per heavy atom. The molecule has 26 heavy (non-hydrogen) atoms. The number of ether oxygens (including phenoxy) is 2. The molecule has 0 aromatic carbocycles. The number of amides is 3. The third-order valence-electron chi connectivity index (χ3n) is 4.72. The van der Waals surface area contributed by atoms with Crippen molar-refractivity contribution in [2.75, 3.05) is 45.9 Å². The zero-order valence-corrected chi connectivity index (χ0v) is 15.7. The lowest BCUT2D eigenvalue weighted by Gasteiger charge is -2.35. The summed E-state index contributed by atoms with van der Waals surface area (Å²) in [5.74, 6) is -0.101. The van der Waals surface area contributed by atoms with Gasteiger partial charge in [0.25, 0.3) is 5.91 Å². The van der Waals surface area contributed by atoms with Crippen molar-refractivity contribution < 1.29 is 23.9 Å². The van der Waals surface area contributed by atoms with Gasteiger partial charge in [-0.25, -0.2) is 4.79 Å². The molecule has 0 aliphatic carbocycles. The van der Waals surface area contributed by atoms with Gasteiger partial charge in [0.05, 0.1) is 6.61 Å². The minimum Gasteiger partial charge on any atom is -0.466 e. The maximum atomic E-state index is 12.3. The molecule has 2 aliphatic heterocycles. The van der Waals surface area contributed by atoms with E-state index in [1.807, 2.05) is 0 Å². The Labute approximate surface area is 155 Å². The normalized spacial score (nSPS) is 20.1. The summed E-state index contributed by atoms with van der Waals surface area (Å²) >= 11 is 0. The van der Waals surface area contributed by atoms with Crippen LogP contribution >= 0.6 is 0 Å². The molecule has 0 aromatic heterocycles. The average molecular weight is 369 g/mol. The van der Waals surface area contributed by atoms with Crippen LogP contribution in [0.25, 0.3) is 0 Å². The highest BCUT2D eigenvalue weighted by Gasteiger charge is 2.31. The lowest BCUT2D eigenvalue weighted by atomic mass is 10.2. The predicted molar refractivity (Wildman–Crippen MR) is 95.6 cm³/mol. The molecule has 2 fully saturated rings. The maximum absolute atomic E-state index is 12.3. The number of rotatable bonds is 8. The lowest BCUT2D eigenvalue weighted by molar-refractivity contribution is -0.143. The largest absolute Gasteiger partial charge is 0.466 e. The van der Waals surface area contributed by atoms with E-state index in [-0.39, 0.29) is 24.0 Å². The number of hydrogen-bond donors (Lipinski definition) is 1. The molecule has 0 saturated carbocycles. The zero-order chi connectivity index (χ0) is 18.8. The van der Waals surface area contributed by atoms with Crippen molar-refractivity contribution in [3.63, 3.8) is 0 Å². The highest BCUT2D eigenvalue weighted by molar-refractivity contribution is 5.81. The Hall–Kier alpha value is -1.83. The quantitative estimate of drug-likeness (QED) is 0.512. The molecule has 0 aromatic rings. The minimum absolute atomic E-state index is 0.0594. The first-order chi connectivity index (χ1) is 12.6. The molecule has 2 aliphatic rings. The van der Waals surface area contributed by atoms with E-state index in [1.165, 1.54) is 0 Å². The van der Waals surface area contributed by atoms with Crippen LogP contribution in [0.5, 0.6) is 0 Å². The van der Waals surface area contributed by atoms with Crippen LogP contribution in [0.15, 0.2) is 0 Å². The van der Waals surface area contributed by atoms with E-state index in [2.05, 4.69) is 5.32 Å². The first-order valence-corrected chi connectivity index (χ1v) is 9.70. The molecule has 8 nitrogen and oxygen atoms in total. The third-order valence-corrected chi connectivity index (χ3v) is 4.72. The van der Waals surface area contributed by atoms with E-state index in [0.717, 1.165) is 32.1 Å². The van der Waals surface area contributed by atoms with Crippen molar-refractivity contribution in [2.45, 2.75) is 51.6 Å². The number of nitrogens with zero attached hydrogens (tertiary/aromatic N) is 2. The number of nitrogens with one attached hydrogen (secondary N) is 1. The summed E-state index contributed by atoms with van der Waals surface area (Å²) in [5, 5.41) is 2.91. The molecule has 0 spiro atoms. The van der Waals surface area contributed by atoms with Gasteiger partial charge in [-0.05, 0) is 32.6 Å². The summed E-state index contributed by atoms with van der Waals surface area (Å²) in [6.45, 7) is 5.69. The highest BCUT2D eigenvalue weighted by Crippen LogP contribution is 2.16. The molecular formula is C18H31N3O5. The number of carbonyl (C=O) groups excluding carboxylic acids is 3. The third kappa shape index (κ3) is 6.48. The van der Waals surface area contributed by atoms with Crippen molar-refractivity contribution in [2.24, 2.45) is 0 Å². The first-order valence-electron chi connectivity index (χ1n) is 9.70. The molecule has 2 saturated heterocycles. The van der Waals surface area contributed by atoms with E-state index in [4.69, 9.17) is 9.47 Å². The summed E-state index contributed by atoms with van der Waals surface area (Å²) in [6.07, 6.45) is 4.38. The fraction of sp³-hybridized carbons (Fsp3) is 0.833. The van der Waals surface area contributed by atoms with Crippen LogP contribution in [0.4, 0.5) is 4.79 Å². The van der Waals surface area contributed by atoms with E-state index in [9.17, 15) is 14.4 Å². The van der Waals surface area contributed by atoms with Crippen molar-refractivity contribution in [3.8, 4) is 0 Å². The molecule has 1 atom stereocenters. The number of unbranched alkanes of at least 4 members (excludes halogenated alkanes) is 2. The smallest absolute Gasteiger partial charge is 0.317 e. The van der Waals surface area contributed by atoms with Gasteiger partial charge in [-0.1, -0.05) is 6.42 Å². The number of piperazine rings is 1. The monoisotopic (exact) mass is 369 g/mol. The van der Waals surface area contributed by atoms with Crippen molar-refractivity contribution in [1.29, 1.82) is 0 Å². The van der Waals surface area contributed by atoms with Crippen molar-refractivity contribution in [3.05, 3.63) is 0 Å². The Morgan fingerprint density at radius 1 is 1.08 bits per heavy atom. The van der Waals surface area contributed by atoms with Crippen LogP contribution in [0.2, 0.25) is 0 Å². The highest BCUT2D eigenvalue weighted by atomic mass is 16.5. The summed E-state index contributed by atoms with van der Waals surface area (Å²) in [5.41, 5.74) is 0. The van der Waals surface area contributed by atoms with E-state index in [1.54, 1.807) is 16.7 Å². The van der Waals surface area contributed by atoms with Gasteiger partial charge in [0.1, 0.15) is 6.10 Å². The number of urea groups is 1. The Balaban J connectivity index is 1.54. The summed E-state index contributed by atoms with van der Waals surface area (Å²) in [6, 6.07) is -0.0837. The molecule has 0 bridgehead atoms. The van der Waals surface area contributed by atoms with Gasteiger partial charge >= 0.3 is 12.0 Å². The van der Waals surface area contributed by atoms with Gasteiger partial charge in [-0.2, -0.15) is 0 Å². The second-order valence-corrected chi connectivity index (χ2v) is 6.66. The first kappa shape index (κ1) is 20.5. The Bertz CT molecular complexity index is 471. The fourth-order valence-corrected chi connectivity index (χ4v) is 3.22. The average Bonchev–Trinajstić information content (AvgIpc) is 3.19. The van der Waals surface area contributed by atoms with Gasteiger partial charge < -0.3 is 24.6 Å². The number of carbonyl (C=O) groups is 3. The zero-order valence-electron chi connectivity index (χ0n) is 15.7. The Kier molecular flexibility index (Phi) is 8.67. The Morgan fingerprint density at radius 2 is 1.81 bits per heavy atom. The van der Waals surface area contributed by atoms with Crippen molar-refractivity contribution >= 4 is 17.9 Å². The van der Waals surface area contributed by atoms with E-state index in [0.29, 0.717) is 52.4 Å². The SMILES string of the molecule is CCOC(=O)CCCCCNC(=O)N1CCN(C(=O)C2CCCO2)CC1. The molecule has 2 rings (SSSR count). The molecular weight excluding hydrogens is 338 g/mol. The predicted octanol–water partition coefficient (Wildman–Crippen LogP) is 1.14. The van der Waals surface area contributed by atoms with Gasteiger partial charge in [0.15, 0.2) is 0 Å². The van der Waals surface area contributed by atoms with Gasteiger partial charge in [0, 0.05) is 45.8 Å². The second-order valence-electron chi connectivity index (χ2n) is 6.66. The standard InChI is InChI=1S/C18H31N3O5/c1-2-25-16(22)8-4-3-5-9-19-18(24)21-12-10-20(11-13-21)17(23)15-7-6-14-26-15/h15H,2-14H2,1H3,(H,19,24). The molecule has 8 heteroatoms.